The van der Waals surface area contributed by atoms with E-state index < -0.39 is 17.6 Å². The molecule has 0 aromatic heterocycles. The fourth-order valence-corrected chi connectivity index (χ4v) is 2.63. The smallest absolute Gasteiger partial charge is 0.261 e. The number of imide groups is 1. The number of anilines is 1. The fourth-order valence-electron chi connectivity index (χ4n) is 2.42. The first-order valence-electron chi connectivity index (χ1n) is 7.22. The monoisotopic (exact) mass is 357 g/mol. The van der Waals surface area contributed by atoms with Gasteiger partial charge in [-0.2, -0.15) is 0 Å². The molecular weight excluding hydrogens is 345 g/mol. The average Bonchev–Trinajstić information content (AvgIpc) is 2.79. The minimum Gasteiger partial charge on any atom is -0.332 e. The maximum atomic E-state index is 13.6. The number of halogens is 1. The maximum absolute atomic E-state index is 13.6. The molecule has 3 rings (SSSR count). The van der Waals surface area contributed by atoms with Gasteiger partial charge in [0.15, 0.2) is 5.11 Å². The Morgan fingerprint density at radius 3 is 2.48 bits per heavy atom. The van der Waals surface area contributed by atoms with Crippen LogP contribution in [0, 0.1) is 5.82 Å². The molecular formula is C17H12FN3O3S. The van der Waals surface area contributed by atoms with E-state index in [0.717, 1.165) is 4.90 Å². The van der Waals surface area contributed by atoms with Crippen molar-refractivity contribution in [3.8, 4) is 0 Å². The van der Waals surface area contributed by atoms with Gasteiger partial charge in [-0.15, -0.1) is 0 Å². The topological polar surface area (TPSA) is 78.5 Å². The van der Waals surface area contributed by atoms with Gasteiger partial charge in [-0.3, -0.25) is 24.6 Å². The molecule has 1 heterocycles. The van der Waals surface area contributed by atoms with Crippen molar-refractivity contribution in [3.05, 3.63) is 65.0 Å². The van der Waals surface area contributed by atoms with Crippen LogP contribution in [0.3, 0.4) is 0 Å². The molecule has 6 nitrogen and oxygen atoms in total. The third kappa shape index (κ3) is 3.11. The number of fused-ring (bicyclic) bond motifs is 1. The van der Waals surface area contributed by atoms with Gasteiger partial charge in [-0.1, -0.05) is 12.1 Å². The lowest BCUT2D eigenvalue weighted by molar-refractivity contribution is 0.0692. The molecule has 8 heteroatoms. The number of thiocarbonyl (C=S) groups is 1. The molecule has 0 fully saturated rings. The van der Waals surface area contributed by atoms with Crippen LogP contribution < -0.4 is 10.6 Å². The Morgan fingerprint density at radius 2 is 1.76 bits per heavy atom. The first-order chi connectivity index (χ1) is 11.9. The van der Waals surface area contributed by atoms with Crippen LogP contribution in [0.2, 0.25) is 0 Å². The Labute approximate surface area is 147 Å². The molecule has 126 valence electrons. The highest BCUT2D eigenvalue weighted by Gasteiger charge is 2.32. The van der Waals surface area contributed by atoms with Gasteiger partial charge in [0.2, 0.25) is 0 Å². The first-order valence-corrected chi connectivity index (χ1v) is 7.62. The highest BCUT2D eigenvalue weighted by atomic mass is 32.1. The van der Waals surface area contributed by atoms with Crippen molar-refractivity contribution in [1.82, 2.24) is 10.2 Å². The van der Waals surface area contributed by atoms with Gasteiger partial charge >= 0.3 is 0 Å². The first kappa shape index (κ1) is 16.7. The molecule has 0 bridgehead atoms. The van der Waals surface area contributed by atoms with E-state index in [0.29, 0.717) is 11.3 Å². The van der Waals surface area contributed by atoms with Crippen LogP contribution in [0.1, 0.15) is 31.1 Å². The predicted molar refractivity (Wildman–Crippen MR) is 93.0 cm³/mol. The van der Waals surface area contributed by atoms with Gasteiger partial charge in [0.25, 0.3) is 17.7 Å². The lowest BCUT2D eigenvalue weighted by Crippen LogP contribution is -2.34. The quantitative estimate of drug-likeness (QED) is 0.636. The summed E-state index contributed by atoms with van der Waals surface area (Å²) in [4.78, 5) is 36.8. The summed E-state index contributed by atoms with van der Waals surface area (Å²) in [5, 5.41) is 5.04. The molecule has 2 aromatic rings. The van der Waals surface area contributed by atoms with Crippen molar-refractivity contribution in [2.45, 2.75) is 0 Å². The SMILES string of the molecule is CN1C(=O)c2ccc(NC(=S)NC(=O)c3ccccc3F)cc2C1=O. The Kier molecular flexibility index (Phi) is 4.28. The molecule has 2 aromatic carbocycles. The zero-order chi connectivity index (χ0) is 18.1. The molecule has 1 aliphatic rings. The summed E-state index contributed by atoms with van der Waals surface area (Å²) in [6.07, 6.45) is 0. The molecule has 0 atom stereocenters. The lowest BCUT2D eigenvalue weighted by Gasteiger charge is -2.10. The predicted octanol–water partition coefficient (Wildman–Crippen LogP) is 2.18. The molecule has 2 N–H and O–H groups in total. The van der Waals surface area contributed by atoms with Crippen LogP contribution in [0.5, 0.6) is 0 Å². The van der Waals surface area contributed by atoms with Gasteiger partial charge in [-0.05, 0) is 42.5 Å². The minimum atomic E-state index is -0.692. The highest BCUT2D eigenvalue weighted by molar-refractivity contribution is 7.80. The molecule has 1 aliphatic heterocycles. The van der Waals surface area contributed by atoms with Crippen LogP contribution in [0.25, 0.3) is 0 Å². The van der Waals surface area contributed by atoms with E-state index in [-0.39, 0.29) is 22.1 Å². The van der Waals surface area contributed by atoms with Gasteiger partial charge in [0.1, 0.15) is 5.82 Å². The van der Waals surface area contributed by atoms with Crippen LogP contribution >= 0.6 is 12.2 Å². The van der Waals surface area contributed by atoms with Crippen LogP contribution in [-0.2, 0) is 0 Å². The molecule has 0 unspecified atom stereocenters. The normalized spacial score (nSPS) is 12.8. The van der Waals surface area contributed by atoms with E-state index in [9.17, 15) is 18.8 Å². The molecule has 0 saturated carbocycles. The number of carbonyl (C=O) groups excluding carboxylic acids is 3. The Hall–Kier alpha value is -3.13. The van der Waals surface area contributed by atoms with E-state index in [1.54, 1.807) is 6.07 Å². The molecule has 0 saturated heterocycles. The number of nitrogens with one attached hydrogen (secondary N) is 2. The Balaban J connectivity index is 1.73. The third-order valence-electron chi connectivity index (χ3n) is 3.69. The average molecular weight is 357 g/mol. The van der Waals surface area contributed by atoms with E-state index in [2.05, 4.69) is 10.6 Å². The summed E-state index contributed by atoms with van der Waals surface area (Å²) < 4.78 is 13.6. The molecule has 3 amide bonds. The largest absolute Gasteiger partial charge is 0.332 e. The fraction of sp³-hybridized carbons (Fsp3) is 0.0588. The number of rotatable bonds is 2. The number of carbonyl (C=O) groups is 3. The van der Waals surface area contributed by atoms with E-state index in [1.807, 2.05) is 0 Å². The minimum absolute atomic E-state index is 0.0571. The van der Waals surface area contributed by atoms with Gasteiger partial charge in [0.05, 0.1) is 16.7 Å². The number of amides is 3. The molecule has 0 radical (unpaired) electrons. The van der Waals surface area contributed by atoms with Crippen LogP contribution in [0.15, 0.2) is 42.5 Å². The van der Waals surface area contributed by atoms with Crippen molar-refractivity contribution >= 4 is 40.7 Å². The Bertz CT molecular complexity index is 929. The number of hydrogen-bond donors (Lipinski definition) is 2. The highest BCUT2D eigenvalue weighted by Crippen LogP contribution is 2.24. The zero-order valence-electron chi connectivity index (χ0n) is 13.0. The van der Waals surface area contributed by atoms with E-state index >= 15 is 0 Å². The number of nitrogens with zero attached hydrogens (tertiary/aromatic N) is 1. The lowest BCUT2D eigenvalue weighted by atomic mass is 10.1. The third-order valence-corrected chi connectivity index (χ3v) is 3.90. The summed E-state index contributed by atoms with van der Waals surface area (Å²) in [6, 6.07) is 10.1. The van der Waals surface area contributed by atoms with Crippen LogP contribution in [0.4, 0.5) is 10.1 Å². The molecule has 0 spiro atoms. The number of hydrogen-bond acceptors (Lipinski definition) is 4. The summed E-state index contributed by atoms with van der Waals surface area (Å²) >= 11 is 5.03. The second-order valence-corrected chi connectivity index (χ2v) is 5.73. The summed E-state index contributed by atoms with van der Waals surface area (Å²) in [5.41, 5.74) is 0.845. The zero-order valence-corrected chi connectivity index (χ0v) is 13.8. The summed E-state index contributed by atoms with van der Waals surface area (Å²) in [7, 11) is 1.40. The van der Waals surface area contributed by atoms with Crippen molar-refractivity contribution in [1.29, 1.82) is 0 Å². The van der Waals surface area contributed by atoms with Gasteiger partial charge in [0, 0.05) is 12.7 Å². The van der Waals surface area contributed by atoms with Crippen LogP contribution in [-0.4, -0.2) is 34.8 Å². The van der Waals surface area contributed by atoms with E-state index in [4.69, 9.17) is 12.2 Å². The summed E-state index contributed by atoms with van der Waals surface area (Å²) in [6.45, 7) is 0. The number of benzene rings is 2. The second kappa shape index (κ2) is 6.40. The second-order valence-electron chi connectivity index (χ2n) is 5.32. The van der Waals surface area contributed by atoms with Gasteiger partial charge in [-0.25, -0.2) is 4.39 Å². The van der Waals surface area contributed by atoms with Crippen molar-refractivity contribution < 1.29 is 18.8 Å². The molecule has 0 aliphatic carbocycles. The maximum Gasteiger partial charge on any atom is 0.261 e. The van der Waals surface area contributed by atoms with E-state index in [1.165, 1.54) is 43.4 Å². The van der Waals surface area contributed by atoms with Crippen molar-refractivity contribution in [3.63, 3.8) is 0 Å². The van der Waals surface area contributed by atoms with Crippen molar-refractivity contribution in [2.24, 2.45) is 0 Å². The Morgan fingerprint density at radius 1 is 1.08 bits per heavy atom. The molecule has 25 heavy (non-hydrogen) atoms. The van der Waals surface area contributed by atoms with Crippen molar-refractivity contribution in [2.75, 3.05) is 12.4 Å². The standard InChI is InChI=1S/C17H12FN3O3S/c1-21-15(23)10-7-6-9(8-12(10)16(21)24)19-17(25)20-14(22)11-4-2-3-5-13(11)18/h2-8H,1H3,(H2,19,20,22,25). The summed E-state index contributed by atoms with van der Waals surface area (Å²) in [5.74, 6) is -2.14. The van der Waals surface area contributed by atoms with Gasteiger partial charge < -0.3 is 5.32 Å².